The fourth-order valence-corrected chi connectivity index (χ4v) is 2.22. The maximum atomic E-state index is 12.3. The predicted octanol–water partition coefficient (Wildman–Crippen LogP) is 2.34. The standard InChI is InChI=1S/C14H20N2O.ClH/c1-2-16(11-12-7-4-3-5-8-12)13(17)14(15)9-6-10-14;/h3-5,7-8H,2,6,9-11,15H2,1H3;1H. The van der Waals surface area contributed by atoms with Crippen LogP contribution in [0.15, 0.2) is 30.3 Å². The van der Waals surface area contributed by atoms with Gasteiger partial charge in [0.15, 0.2) is 0 Å². The van der Waals surface area contributed by atoms with Crippen LogP contribution in [0.3, 0.4) is 0 Å². The summed E-state index contributed by atoms with van der Waals surface area (Å²) in [5.41, 5.74) is 6.66. The maximum absolute atomic E-state index is 12.3. The molecule has 1 fully saturated rings. The summed E-state index contributed by atoms with van der Waals surface area (Å²) in [5.74, 6) is 0.107. The van der Waals surface area contributed by atoms with E-state index in [0.29, 0.717) is 13.1 Å². The van der Waals surface area contributed by atoms with Crippen LogP contribution in [0.2, 0.25) is 0 Å². The summed E-state index contributed by atoms with van der Waals surface area (Å²) in [4.78, 5) is 14.1. The molecule has 0 bridgehead atoms. The van der Waals surface area contributed by atoms with Gasteiger partial charge in [-0.15, -0.1) is 12.4 Å². The molecular weight excluding hydrogens is 248 g/mol. The van der Waals surface area contributed by atoms with E-state index in [-0.39, 0.29) is 18.3 Å². The van der Waals surface area contributed by atoms with Crippen LogP contribution in [0.5, 0.6) is 0 Å². The van der Waals surface area contributed by atoms with Crippen molar-refractivity contribution < 1.29 is 4.79 Å². The summed E-state index contributed by atoms with van der Waals surface area (Å²) in [7, 11) is 0. The number of hydrogen-bond acceptors (Lipinski definition) is 2. The van der Waals surface area contributed by atoms with E-state index in [1.54, 1.807) is 0 Å². The molecule has 1 saturated carbocycles. The van der Waals surface area contributed by atoms with Gasteiger partial charge in [-0.3, -0.25) is 4.79 Å². The highest BCUT2D eigenvalue weighted by Crippen LogP contribution is 2.31. The molecule has 0 radical (unpaired) electrons. The van der Waals surface area contributed by atoms with E-state index in [9.17, 15) is 4.79 Å². The quantitative estimate of drug-likeness (QED) is 0.911. The number of carbonyl (C=O) groups is 1. The van der Waals surface area contributed by atoms with Crippen molar-refractivity contribution in [2.75, 3.05) is 6.54 Å². The predicted molar refractivity (Wildman–Crippen MR) is 75.6 cm³/mol. The Kier molecular flexibility index (Phi) is 5.17. The largest absolute Gasteiger partial charge is 0.337 e. The molecule has 2 N–H and O–H groups in total. The van der Waals surface area contributed by atoms with E-state index in [1.807, 2.05) is 42.2 Å². The lowest BCUT2D eigenvalue weighted by Gasteiger charge is -2.40. The Hall–Kier alpha value is -1.06. The fraction of sp³-hybridized carbons (Fsp3) is 0.500. The van der Waals surface area contributed by atoms with Crippen LogP contribution in [-0.4, -0.2) is 22.9 Å². The molecule has 1 aliphatic rings. The number of halogens is 1. The lowest BCUT2D eigenvalue weighted by atomic mass is 9.76. The van der Waals surface area contributed by atoms with Gasteiger partial charge in [-0.25, -0.2) is 0 Å². The van der Waals surface area contributed by atoms with E-state index in [4.69, 9.17) is 5.73 Å². The molecule has 0 heterocycles. The number of carbonyl (C=O) groups excluding carboxylic acids is 1. The highest BCUT2D eigenvalue weighted by atomic mass is 35.5. The van der Waals surface area contributed by atoms with Gasteiger partial charge in [-0.05, 0) is 31.7 Å². The van der Waals surface area contributed by atoms with Crippen LogP contribution >= 0.6 is 12.4 Å². The molecule has 0 unspecified atom stereocenters. The summed E-state index contributed by atoms with van der Waals surface area (Å²) < 4.78 is 0. The normalized spacial score (nSPS) is 16.3. The molecule has 1 aromatic rings. The molecule has 2 rings (SSSR count). The molecule has 100 valence electrons. The first-order valence-electron chi connectivity index (χ1n) is 6.28. The van der Waals surface area contributed by atoms with Crippen molar-refractivity contribution >= 4 is 18.3 Å². The van der Waals surface area contributed by atoms with Gasteiger partial charge in [-0.2, -0.15) is 0 Å². The van der Waals surface area contributed by atoms with Gasteiger partial charge in [0.2, 0.25) is 5.91 Å². The first-order valence-corrected chi connectivity index (χ1v) is 6.28. The van der Waals surface area contributed by atoms with Crippen molar-refractivity contribution in [1.29, 1.82) is 0 Å². The minimum atomic E-state index is -0.579. The highest BCUT2D eigenvalue weighted by Gasteiger charge is 2.42. The molecule has 1 aromatic carbocycles. The molecule has 18 heavy (non-hydrogen) atoms. The minimum Gasteiger partial charge on any atom is -0.337 e. The number of nitrogens with zero attached hydrogens (tertiary/aromatic N) is 1. The molecule has 1 amide bonds. The highest BCUT2D eigenvalue weighted by molar-refractivity contribution is 5.87. The molecule has 0 spiro atoms. The average molecular weight is 269 g/mol. The van der Waals surface area contributed by atoms with Gasteiger partial charge in [0.1, 0.15) is 0 Å². The number of hydrogen-bond donors (Lipinski definition) is 1. The summed E-state index contributed by atoms with van der Waals surface area (Å²) >= 11 is 0. The lowest BCUT2D eigenvalue weighted by molar-refractivity contribution is -0.140. The Labute approximate surface area is 115 Å². The summed E-state index contributed by atoms with van der Waals surface area (Å²) in [6, 6.07) is 10.1. The van der Waals surface area contributed by atoms with Crippen LogP contribution in [0.1, 0.15) is 31.7 Å². The molecular formula is C14H21ClN2O. The Bertz CT molecular complexity index is 390. The molecule has 1 aliphatic carbocycles. The van der Waals surface area contributed by atoms with Crippen molar-refractivity contribution in [2.24, 2.45) is 5.73 Å². The SMILES string of the molecule is CCN(Cc1ccccc1)C(=O)C1(N)CCC1.Cl. The second-order valence-corrected chi connectivity index (χ2v) is 4.81. The molecule has 0 saturated heterocycles. The number of nitrogens with two attached hydrogens (primary N) is 1. The van der Waals surface area contributed by atoms with Crippen molar-refractivity contribution in [3.63, 3.8) is 0 Å². The molecule has 0 atom stereocenters. The first kappa shape index (κ1) is 15.0. The Morgan fingerprint density at radius 2 is 1.94 bits per heavy atom. The topological polar surface area (TPSA) is 46.3 Å². The van der Waals surface area contributed by atoms with E-state index < -0.39 is 5.54 Å². The van der Waals surface area contributed by atoms with Crippen molar-refractivity contribution in [3.05, 3.63) is 35.9 Å². The summed E-state index contributed by atoms with van der Waals surface area (Å²) in [5, 5.41) is 0. The van der Waals surface area contributed by atoms with Gasteiger partial charge in [0.05, 0.1) is 5.54 Å². The maximum Gasteiger partial charge on any atom is 0.242 e. The smallest absolute Gasteiger partial charge is 0.242 e. The second kappa shape index (κ2) is 6.21. The Morgan fingerprint density at radius 1 is 1.33 bits per heavy atom. The number of benzene rings is 1. The number of rotatable bonds is 4. The Balaban J connectivity index is 0.00000162. The lowest BCUT2D eigenvalue weighted by Crippen LogP contribution is -2.59. The minimum absolute atomic E-state index is 0. The summed E-state index contributed by atoms with van der Waals surface area (Å²) in [6.07, 6.45) is 2.74. The van der Waals surface area contributed by atoms with Crippen molar-refractivity contribution in [1.82, 2.24) is 4.90 Å². The van der Waals surface area contributed by atoms with Gasteiger partial charge in [0, 0.05) is 13.1 Å². The summed E-state index contributed by atoms with van der Waals surface area (Å²) in [6.45, 7) is 3.38. The number of likely N-dealkylation sites (N-methyl/N-ethyl adjacent to an activating group) is 1. The van der Waals surface area contributed by atoms with Crippen LogP contribution in [0.4, 0.5) is 0 Å². The molecule has 3 nitrogen and oxygen atoms in total. The zero-order chi connectivity index (χ0) is 12.3. The second-order valence-electron chi connectivity index (χ2n) is 4.81. The zero-order valence-electron chi connectivity index (χ0n) is 10.8. The third kappa shape index (κ3) is 3.03. The van der Waals surface area contributed by atoms with Crippen molar-refractivity contribution in [2.45, 2.75) is 38.3 Å². The monoisotopic (exact) mass is 268 g/mol. The van der Waals surface area contributed by atoms with Crippen LogP contribution < -0.4 is 5.73 Å². The number of amides is 1. The molecule has 0 aliphatic heterocycles. The fourth-order valence-electron chi connectivity index (χ4n) is 2.22. The van der Waals surface area contributed by atoms with Gasteiger partial charge in [-0.1, -0.05) is 30.3 Å². The van der Waals surface area contributed by atoms with Crippen molar-refractivity contribution in [3.8, 4) is 0 Å². The van der Waals surface area contributed by atoms with Gasteiger partial charge >= 0.3 is 0 Å². The average Bonchev–Trinajstić information content (AvgIpc) is 2.33. The van der Waals surface area contributed by atoms with Crippen LogP contribution in [-0.2, 0) is 11.3 Å². The van der Waals surface area contributed by atoms with E-state index >= 15 is 0 Å². The van der Waals surface area contributed by atoms with Crippen LogP contribution in [0, 0.1) is 0 Å². The van der Waals surface area contributed by atoms with E-state index in [1.165, 1.54) is 0 Å². The first-order chi connectivity index (χ1) is 8.15. The third-order valence-corrected chi connectivity index (χ3v) is 3.56. The Morgan fingerprint density at radius 3 is 2.39 bits per heavy atom. The van der Waals surface area contributed by atoms with E-state index in [2.05, 4.69) is 0 Å². The molecule has 4 heteroatoms. The van der Waals surface area contributed by atoms with E-state index in [0.717, 1.165) is 24.8 Å². The van der Waals surface area contributed by atoms with Gasteiger partial charge in [0.25, 0.3) is 0 Å². The van der Waals surface area contributed by atoms with Gasteiger partial charge < -0.3 is 10.6 Å². The molecule has 0 aromatic heterocycles. The zero-order valence-corrected chi connectivity index (χ0v) is 11.6. The van der Waals surface area contributed by atoms with Crippen LogP contribution in [0.25, 0.3) is 0 Å². The third-order valence-electron chi connectivity index (χ3n) is 3.56.